The van der Waals surface area contributed by atoms with Gasteiger partial charge in [-0.2, -0.15) is 0 Å². The monoisotopic (exact) mass is 371 g/mol. The van der Waals surface area contributed by atoms with E-state index in [2.05, 4.69) is 40.3 Å². The molecule has 1 unspecified atom stereocenters. The van der Waals surface area contributed by atoms with E-state index >= 15 is 0 Å². The van der Waals surface area contributed by atoms with Crippen LogP contribution in [0.3, 0.4) is 0 Å². The summed E-state index contributed by atoms with van der Waals surface area (Å²) in [6.45, 7) is 3.22. The highest BCUT2D eigenvalue weighted by molar-refractivity contribution is 9.10. The first kappa shape index (κ1) is 17.3. The van der Waals surface area contributed by atoms with E-state index < -0.39 is 0 Å². The molecule has 0 aromatic heterocycles. The van der Waals surface area contributed by atoms with Gasteiger partial charge in [0.05, 0.1) is 0 Å². The molecule has 3 heteroatoms. The first-order chi connectivity index (χ1) is 10.2. The van der Waals surface area contributed by atoms with E-state index in [-0.39, 0.29) is 0 Å². The summed E-state index contributed by atoms with van der Waals surface area (Å²) in [5.41, 5.74) is 1.26. The first-order valence-electron chi connectivity index (χ1n) is 8.36. The van der Waals surface area contributed by atoms with Crippen LogP contribution < -0.4 is 5.32 Å². The quantitative estimate of drug-likeness (QED) is 0.620. The Morgan fingerprint density at radius 3 is 2.71 bits per heavy atom. The molecule has 1 saturated carbocycles. The Kier molecular flexibility index (Phi) is 7.56. The third-order valence-electron chi connectivity index (χ3n) is 4.62. The van der Waals surface area contributed by atoms with Gasteiger partial charge in [0, 0.05) is 15.5 Å². The van der Waals surface area contributed by atoms with Crippen molar-refractivity contribution < 1.29 is 0 Å². The molecular formula is C18H27BrClN. The van der Waals surface area contributed by atoms with E-state index in [4.69, 9.17) is 11.6 Å². The fourth-order valence-corrected chi connectivity index (χ4v) is 4.18. The molecule has 2 rings (SSSR count). The SMILES string of the molecule is CCNC(CCC1CCCCC1)Cc1ccc(Br)cc1Cl. The van der Waals surface area contributed by atoms with E-state index in [1.807, 2.05) is 6.07 Å². The van der Waals surface area contributed by atoms with Crippen molar-refractivity contribution in [2.75, 3.05) is 6.54 Å². The standard InChI is InChI=1S/C18H27BrClN/c1-2-21-17(11-8-14-6-4-3-5-7-14)12-15-9-10-16(19)13-18(15)20/h9-10,13-14,17,21H,2-8,11-12H2,1H3. The zero-order valence-electron chi connectivity index (χ0n) is 13.0. The van der Waals surface area contributed by atoms with Crippen molar-refractivity contribution in [2.45, 2.75) is 64.3 Å². The molecule has 0 heterocycles. The summed E-state index contributed by atoms with van der Waals surface area (Å²) in [7, 11) is 0. The van der Waals surface area contributed by atoms with Gasteiger partial charge in [-0.05, 0) is 49.4 Å². The van der Waals surface area contributed by atoms with Crippen LogP contribution in [0.1, 0.15) is 57.4 Å². The third kappa shape index (κ3) is 5.92. The van der Waals surface area contributed by atoms with Crippen LogP contribution in [0.5, 0.6) is 0 Å². The van der Waals surface area contributed by atoms with Gasteiger partial charge in [-0.15, -0.1) is 0 Å². The van der Waals surface area contributed by atoms with E-state index in [1.54, 1.807) is 0 Å². The lowest BCUT2D eigenvalue weighted by molar-refractivity contribution is 0.313. The summed E-state index contributed by atoms with van der Waals surface area (Å²) in [5.74, 6) is 0.959. The number of hydrogen-bond donors (Lipinski definition) is 1. The Morgan fingerprint density at radius 2 is 2.05 bits per heavy atom. The Bertz CT molecular complexity index is 429. The molecule has 1 aliphatic rings. The molecule has 0 bridgehead atoms. The van der Waals surface area contributed by atoms with Crippen molar-refractivity contribution in [3.05, 3.63) is 33.3 Å². The summed E-state index contributed by atoms with van der Waals surface area (Å²) >= 11 is 9.84. The molecule has 1 atom stereocenters. The van der Waals surface area contributed by atoms with Crippen molar-refractivity contribution in [3.63, 3.8) is 0 Å². The smallest absolute Gasteiger partial charge is 0.0449 e. The van der Waals surface area contributed by atoms with Gasteiger partial charge in [0.2, 0.25) is 0 Å². The van der Waals surface area contributed by atoms with Crippen LogP contribution in [0, 0.1) is 5.92 Å². The van der Waals surface area contributed by atoms with Crippen LogP contribution in [0.4, 0.5) is 0 Å². The topological polar surface area (TPSA) is 12.0 Å². The van der Waals surface area contributed by atoms with Crippen molar-refractivity contribution in [1.29, 1.82) is 0 Å². The average molecular weight is 373 g/mol. The van der Waals surface area contributed by atoms with Crippen molar-refractivity contribution in [3.8, 4) is 0 Å². The lowest BCUT2D eigenvalue weighted by atomic mass is 9.84. The van der Waals surface area contributed by atoms with Crippen LogP contribution in [0.25, 0.3) is 0 Å². The summed E-state index contributed by atoms with van der Waals surface area (Å²) < 4.78 is 1.05. The second kappa shape index (κ2) is 9.17. The van der Waals surface area contributed by atoms with E-state index in [9.17, 15) is 0 Å². The Balaban J connectivity index is 1.88. The van der Waals surface area contributed by atoms with Crippen LogP contribution in [-0.4, -0.2) is 12.6 Å². The minimum absolute atomic E-state index is 0.551. The molecule has 0 radical (unpaired) electrons. The van der Waals surface area contributed by atoms with Crippen molar-refractivity contribution >= 4 is 27.5 Å². The van der Waals surface area contributed by atoms with Gasteiger partial charge in [-0.25, -0.2) is 0 Å². The number of nitrogens with one attached hydrogen (secondary N) is 1. The van der Waals surface area contributed by atoms with Crippen LogP contribution in [0.15, 0.2) is 22.7 Å². The molecule has 1 aliphatic carbocycles. The van der Waals surface area contributed by atoms with Crippen LogP contribution in [0.2, 0.25) is 5.02 Å². The third-order valence-corrected chi connectivity index (χ3v) is 5.47. The average Bonchev–Trinajstić information content (AvgIpc) is 2.49. The summed E-state index contributed by atoms with van der Waals surface area (Å²) in [6.07, 6.45) is 10.9. The Hall–Kier alpha value is -0.0500. The summed E-state index contributed by atoms with van der Waals surface area (Å²) in [6, 6.07) is 6.79. The highest BCUT2D eigenvalue weighted by Gasteiger charge is 2.17. The molecule has 0 saturated heterocycles. The molecule has 118 valence electrons. The maximum Gasteiger partial charge on any atom is 0.0449 e. The second-order valence-corrected chi connectivity index (χ2v) is 7.60. The van der Waals surface area contributed by atoms with Gasteiger partial charge in [-0.1, -0.05) is 72.6 Å². The Morgan fingerprint density at radius 1 is 1.29 bits per heavy atom. The normalized spacial score (nSPS) is 17.9. The minimum atomic E-state index is 0.551. The number of hydrogen-bond acceptors (Lipinski definition) is 1. The van der Waals surface area contributed by atoms with Crippen LogP contribution in [-0.2, 0) is 6.42 Å². The maximum atomic E-state index is 6.36. The molecule has 0 aliphatic heterocycles. The van der Waals surface area contributed by atoms with Gasteiger partial charge in [0.25, 0.3) is 0 Å². The summed E-state index contributed by atoms with van der Waals surface area (Å²) in [5, 5.41) is 4.52. The molecule has 1 aromatic carbocycles. The lowest BCUT2D eigenvalue weighted by Gasteiger charge is -2.25. The molecule has 1 aromatic rings. The van der Waals surface area contributed by atoms with Crippen molar-refractivity contribution in [1.82, 2.24) is 5.32 Å². The summed E-state index contributed by atoms with van der Waals surface area (Å²) in [4.78, 5) is 0. The highest BCUT2D eigenvalue weighted by atomic mass is 79.9. The molecule has 21 heavy (non-hydrogen) atoms. The van der Waals surface area contributed by atoms with Gasteiger partial charge in [0.1, 0.15) is 0 Å². The molecule has 1 fully saturated rings. The predicted molar refractivity (Wildman–Crippen MR) is 96.1 cm³/mol. The van der Waals surface area contributed by atoms with E-state index in [0.29, 0.717) is 6.04 Å². The second-order valence-electron chi connectivity index (χ2n) is 6.28. The highest BCUT2D eigenvalue weighted by Crippen LogP contribution is 2.29. The number of halogens is 2. The number of likely N-dealkylation sites (N-methyl/N-ethyl adjacent to an activating group) is 1. The lowest BCUT2D eigenvalue weighted by Crippen LogP contribution is -2.31. The number of benzene rings is 1. The molecule has 0 spiro atoms. The molecule has 1 nitrogen and oxygen atoms in total. The van der Waals surface area contributed by atoms with Crippen molar-refractivity contribution in [2.24, 2.45) is 5.92 Å². The molecule has 0 amide bonds. The van der Waals surface area contributed by atoms with Gasteiger partial charge in [-0.3, -0.25) is 0 Å². The first-order valence-corrected chi connectivity index (χ1v) is 9.53. The molecular weight excluding hydrogens is 346 g/mol. The fraction of sp³-hybridized carbons (Fsp3) is 0.667. The van der Waals surface area contributed by atoms with E-state index in [1.165, 1.54) is 50.5 Å². The fourth-order valence-electron chi connectivity index (χ4n) is 3.43. The van der Waals surface area contributed by atoms with Gasteiger partial charge in [0.15, 0.2) is 0 Å². The minimum Gasteiger partial charge on any atom is -0.314 e. The van der Waals surface area contributed by atoms with Gasteiger partial charge >= 0.3 is 0 Å². The predicted octanol–water partition coefficient (Wildman–Crippen LogP) is 5.98. The molecule has 1 N–H and O–H groups in total. The maximum absolute atomic E-state index is 6.36. The van der Waals surface area contributed by atoms with Gasteiger partial charge < -0.3 is 5.32 Å². The zero-order chi connectivity index (χ0) is 15.1. The largest absolute Gasteiger partial charge is 0.314 e. The van der Waals surface area contributed by atoms with E-state index in [0.717, 1.165) is 28.4 Å². The Labute approximate surface area is 143 Å². The van der Waals surface area contributed by atoms with Crippen LogP contribution >= 0.6 is 27.5 Å². The number of rotatable bonds is 7. The zero-order valence-corrected chi connectivity index (χ0v) is 15.3.